The fourth-order valence-corrected chi connectivity index (χ4v) is 3.03. The molecule has 0 spiro atoms. The van der Waals surface area contributed by atoms with E-state index in [2.05, 4.69) is 21.9 Å². The molecule has 178 valence electrons. The third-order valence-electron chi connectivity index (χ3n) is 4.84. The zero-order valence-electron chi connectivity index (χ0n) is 19.0. The summed E-state index contributed by atoms with van der Waals surface area (Å²) in [5, 5.41) is 15.5. The van der Waals surface area contributed by atoms with Gasteiger partial charge in [-0.25, -0.2) is 9.82 Å². The number of rotatable bonds is 10. The molecule has 0 heterocycles. The average molecular weight is 474 g/mol. The molecule has 0 bridgehead atoms. The first-order valence-corrected chi connectivity index (χ1v) is 10.6. The Morgan fingerprint density at radius 3 is 2.54 bits per heavy atom. The molecule has 0 saturated carbocycles. The SMILES string of the molecule is COc1cc(C=NNC(=O)CCC(=O)Nc2ccccc2F)ccc1OCc1ccccc1C#N. The van der Waals surface area contributed by atoms with Crippen molar-refractivity contribution < 1.29 is 23.5 Å². The van der Waals surface area contributed by atoms with Crippen LogP contribution in [0.5, 0.6) is 11.5 Å². The van der Waals surface area contributed by atoms with E-state index in [1.807, 2.05) is 12.1 Å². The van der Waals surface area contributed by atoms with Gasteiger partial charge in [-0.05, 0) is 42.0 Å². The molecule has 0 aliphatic rings. The van der Waals surface area contributed by atoms with Crippen molar-refractivity contribution in [1.82, 2.24) is 5.43 Å². The smallest absolute Gasteiger partial charge is 0.240 e. The number of amides is 2. The second-order valence-corrected chi connectivity index (χ2v) is 7.29. The van der Waals surface area contributed by atoms with Crippen LogP contribution in [0.2, 0.25) is 0 Å². The van der Waals surface area contributed by atoms with E-state index in [9.17, 15) is 19.2 Å². The molecule has 3 aromatic rings. The summed E-state index contributed by atoms with van der Waals surface area (Å²) < 4.78 is 24.7. The zero-order chi connectivity index (χ0) is 25.0. The molecule has 3 rings (SSSR count). The van der Waals surface area contributed by atoms with Crippen LogP contribution in [-0.4, -0.2) is 25.1 Å². The number of benzene rings is 3. The van der Waals surface area contributed by atoms with Gasteiger partial charge in [-0.2, -0.15) is 10.4 Å². The number of hydrogen-bond donors (Lipinski definition) is 2. The lowest BCUT2D eigenvalue weighted by atomic mass is 10.1. The molecule has 8 nitrogen and oxygen atoms in total. The minimum Gasteiger partial charge on any atom is -0.493 e. The van der Waals surface area contributed by atoms with Gasteiger partial charge in [0.15, 0.2) is 11.5 Å². The summed E-state index contributed by atoms with van der Waals surface area (Å²) in [5.74, 6) is -0.546. The Labute approximate surface area is 202 Å². The van der Waals surface area contributed by atoms with Crippen molar-refractivity contribution >= 4 is 23.7 Å². The van der Waals surface area contributed by atoms with Crippen LogP contribution in [0.25, 0.3) is 0 Å². The van der Waals surface area contributed by atoms with Gasteiger partial charge in [-0.3, -0.25) is 9.59 Å². The van der Waals surface area contributed by atoms with Crippen molar-refractivity contribution in [3.8, 4) is 17.6 Å². The van der Waals surface area contributed by atoms with Gasteiger partial charge in [0.25, 0.3) is 0 Å². The number of para-hydroxylation sites is 1. The standard InChI is InChI=1S/C26H23FN4O4/c1-34-24-14-18(10-11-23(24)35-17-20-7-3-2-6-19(20)15-28)16-29-31-26(33)13-12-25(32)30-22-9-5-4-8-21(22)27/h2-11,14,16H,12-13,17H2,1H3,(H,30,32)(H,31,33). The summed E-state index contributed by atoms with van der Waals surface area (Å²) in [6.07, 6.45) is 1.19. The molecule has 9 heteroatoms. The number of methoxy groups -OCH3 is 1. The first kappa shape index (κ1) is 24.9. The number of hydrogen-bond acceptors (Lipinski definition) is 6. The maximum atomic E-state index is 13.6. The topological polar surface area (TPSA) is 113 Å². The van der Waals surface area contributed by atoms with E-state index < -0.39 is 17.6 Å². The minimum atomic E-state index is -0.547. The van der Waals surface area contributed by atoms with Crippen molar-refractivity contribution in [3.63, 3.8) is 0 Å². The lowest BCUT2D eigenvalue weighted by molar-refractivity contribution is -0.124. The Balaban J connectivity index is 1.49. The number of nitrogens with zero attached hydrogens (tertiary/aromatic N) is 2. The summed E-state index contributed by atoms with van der Waals surface area (Å²) in [7, 11) is 1.50. The highest BCUT2D eigenvalue weighted by atomic mass is 19.1. The highest BCUT2D eigenvalue weighted by molar-refractivity contribution is 5.93. The Hall–Kier alpha value is -4.71. The molecular weight excluding hydrogens is 451 g/mol. The van der Waals surface area contributed by atoms with Crippen LogP contribution >= 0.6 is 0 Å². The highest BCUT2D eigenvalue weighted by Crippen LogP contribution is 2.28. The summed E-state index contributed by atoms with van der Waals surface area (Å²) in [4.78, 5) is 23.9. The molecule has 35 heavy (non-hydrogen) atoms. The molecule has 0 unspecified atom stereocenters. The second kappa shape index (κ2) is 12.5. The van der Waals surface area contributed by atoms with Gasteiger partial charge in [0.05, 0.1) is 30.6 Å². The lowest BCUT2D eigenvalue weighted by Crippen LogP contribution is -2.21. The number of nitriles is 1. The van der Waals surface area contributed by atoms with Crippen molar-refractivity contribution in [1.29, 1.82) is 5.26 Å². The molecule has 2 N–H and O–H groups in total. The van der Waals surface area contributed by atoms with Gasteiger partial charge in [-0.15, -0.1) is 0 Å². The van der Waals surface area contributed by atoms with E-state index in [1.54, 1.807) is 36.4 Å². The maximum Gasteiger partial charge on any atom is 0.240 e. The quantitative estimate of drug-likeness (QED) is 0.339. The monoisotopic (exact) mass is 474 g/mol. The van der Waals surface area contributed by atoms with E-state index in [-0.39, 0.29) is 25.1 Å². The number of carbonyl (C=O) groups excluding carboxylic acids is 2. The van der Waals surface area contributed by atoms with Gasteiger partial charge in [0, 0.05) is 18.4 Å². The van der Waals surface area contributed by atoms with E-state index in [1.165, 1.54) is 31.5 Å². The van der Waals surface area contributed by atoms with Crippen molar-refractivity contribution in [2.75, 3.05) is 12.4 Å². The van der Waals surface area contributed by atoms with Crippen LogP contribution in [0, 0.1) is 17.1 Å². The first-order valence-electron chi connectivity index (χ1n) is 10.6. The minimum absolute atomic E-state index is 0.0616. The van der Waals surface area contributed by atoms with Gasteiger partial charge >= 0.3 is 0 Å². The molecule has 2 amide bonds. The molecule has 0 aliphatic carbocycles. The summed E-state index contributed by atoms with van der Waals surface area (Å²) in [6.45, 7) is 0.202. The molecule has 0 saturated heterocycles. The van der Waals surface area contributed by atoms with Gasteiger partial charge in [-0.1, -0.05) is 30.3 Å². The van der Waals surface area contributed by atoms with Crippen LogP contribution < -0.4 is 20.2 Å². The Morgan fingerprint density at radius 2 is 1.77 bits per heavy atom. The predicted molar refractivity (Wildman–Crippen MR) is 128 cm³/mol. The Kier molecular flexibility index (Phi) is 8.91. The second-order valence-electron chi connectivity index (χ2n) is 7.29. The highest BCUT2D eigenvalue weighted by Gasteiger charge is 2.10. The summed E-state index contributed by atoms with van der Waals surface area (Å²) in [6, 6.07) is 20.2. The van der Waals surface area contributed by atoms with Crippen LogP contribution in [-0.2, 0) is 16.2 Å². The number of hydrazone groups is 1. The van der Waals surface area contributed by atoms with Gasteiger partial charge < -0.3 is 14.8 Å². The zero-order valence-corrected chi connectivity index (χ0v) is 19.0. The number of halogens is 1. The van der Waals surface area contributed by atoms with Crippen LogP contribution in [0.3, 0.4) is 0 Å². The van der Waals surface area contributed by atoms with Gasteiger partial charge in [0.2, 0.25) is 11.8 Å². The summed E-state index contributed by atoms with van der Waals surface area (Å²) >= 11 is 0. The van der Waals surface area contributed by atoms with Crippen LogP contribution in [0.1, 0.15) is 29.5 Å². The van der Waals surface area contributed by atoms with E-state index in [0.29, 0.717) is 22.6 Å². The number of carbonyl (C=O) groups is 2. The molecule has 0 atom stereocenters. The predicted octanol–water partition coefficient (Wildman–Crippen LogP) is 4.15. The van der Waals surface area contributed by atoms with Crippen molar-refractivity contribution in [3.05, 3.63) is 89.2 Å². The normalized spacial score (nSPS) is 10.4. The van der Waals surface area contributed by atoms with E-state index >= 15 is 0 Å². The average Bonchev–Trinajstić information content (AvgIpc) is 2.88. The largest absolute Gasteiger partial charge is 0.493 e. The summed E-state index contributed by atoms with van der Waals surface area (Å²) in [5.41, 5.74) is 4.35. The van der Waals surface area contributed by atoms with Gasteiger partial charge in [0.1, 0.15) is 12.4 Å². The van der Waals surface area contributed by atoms with E-state index in [0.717, 1.165) is 5.56 Å². The third-order valence-corrected chi connectivity index (χ3v) is 4.84. The lowest BCUT2D eigenvalue weighted by Gasteiger charge is -2.12. The van der Waals surface area contributed by atoms with Crippen molar-refractivity contribution in [2.45, 2.75) is 19.4 Å². The van der Waals surface area contributed by atoms with Crippen molar-refractivity contribution in [2.24, 2.45) is 5.10 Å². The first-order chi connectivity index (χ1) is 17.0. The van der Waals surface area contributed by atoms with Crippen LogP contribution in [0.4, 0.5) is 10.1 Å². The molecular formula is C26H23FN4O4. The maximum absolute atomic E-state index is 13.6. The number of nitrogens with one attached hydrogen (secondary N) is 2. The fraction of sp³-hybridized carbons (Fsp3) is 0.154. The fourth-order valence-electron chi connectivity index (χ4n) is 3.03. The Bertz CT molecular complexity index is 1270. The number of ether oxygens (including phenoxy) is 2. The molecule has 0 fully saturated rings. The van der Waals surface area contributed by atoms with E-state index in [4.69, 9.17) is 9.47 Å². The number of anilines is 1. The Morgan fingerprint density at radius 1 is 1.03 bits per heavy atom. The molecule has 0 radical (unpaired) electrons. The third kappa shape index (κ3) is 7.40. The van der Waals surface area contributed by atoms with Crippen LogP contribution in [0.15, 0.2) is 71.8 Å². The molecule has 3 aromatic carbocycles. The molecule has 0 aliphatic heterocycles. The molecule has 0 aromatic heterocycles.